The van der Waals surface area contributed by atoms with Gasteiger partial charge < -0.3 is 139 Å². The van der Waals surface area contributed by atoms with Crippen molar-refractivity contribution in [2.45, 2.75) is 258 Å². The van der Waals surface area contributed by atoms with E-state index in [1.807, 2.05) is 83.3 Å². The standard InChI is InChI=1S/C101H128IN11O30S3/c1-14-113(100(127)136-49-58-36-38-59(39-37-58)108-91(120)67(33-27-44-105-97(103)124)109-93(122)79(52(2)3)110-92(121)66(107-57(8)114)32-22-25-43-106-98(125)135-50-64-62-30-20-18-28-60(62)61-29-19-21-31-63(61)64)68-51-134-74(47-72(68)129-9)141-88-83(118)80(54(5)138-96(88)140-71-34-17-15-16-24-41-101(128)48-70(116)81(111-99(126)133-13)77(71)65(101)40-45-144-146-73-35-23-26-42-104-73)112-143-75-46-69(115)90(56(7)137-75)145-94(123)76-53(4)78(102)86(89(132-12)85(76)130-10)142-95-84(119)87(131-11)82(117)55(6)139-95/h15-16,18-21,23,26,28-31,35-40,42,52,54-56,64,66-69,71-72,74-75,79-80,82-84,87-88,90,95-96,112,115,117-119,123,128,145H,14,22,25,27,32-33,43-51H2,1-13H3,(H,106,125)(H,107,114)(H,108,120)(H,109,122)(H,110,121)(H,111,126)(H3,103,105,124)/b16-15?,65-40+/t54-,55+,56-,66+,67+,68+,69+,71+,72+,74+,75+,79+,80-,82+,83+,84-,87-,88-,90-,95+,96+,101+/m1/s1. The van der Waals surface area contributed by atoms with E-state index in [0.29, 0.717) is 32.6 Å². The summed E-state index contributed by atoms with van der Waals surface area (Å²) in [5.41, 5.74) is 11.3. The molecule has 2 bridgehead atoms. The molecule has 146 heavy (non-hydrogen) atoms. The molecule has 1 aromatic heterocycles. The predicted octanol–water partition coefficient (Wildman–Crippen LogP) is 7.28. The number of urea groups is 1. The third kappa shape index (κ3) is 28.9. The molecule has 9 amide bonds. The first-order valence-corrected chi connectivity index (χ1v) is 52.1. The summed E-state index contributed by atoms with van der Waals surface area (Å²) in [6, 6.07) is 21.3. The highest BCUT2D eigenvalue weighted by Gasteiger charge is 2.53. The van der Waals surface area contributed by atoms with E-state index < -0.39 is 199 Å². The van der Waals surface area contributed by atoms with Crippen molar-refractivity contribution in [3.05, 3.63) is 164 Å². The van der Waals surface area contributed by atoms with Crippen LogP contribution in [0, 0.1) is 40.1 Å². The van der Waals surface area contributed by atoms with Crippen LogP contribution in [0.15, 0.2) is 137 Å². The van der Waals surface area contributed by atoms with Gasteiger partial charge in [0.15, 0.2) is 41.8 Å². The molecule has 3 aliphatic carbocycles. The number of hydrogen-bond acceptors (Lipinski definition) is 33. The Morgan fingerprint density at radius 2 is 1.41 bits per heavy atom. The van der Waals surface area contributed by atoms with Crippen molar-refractivity contribution in [3.8, 4) is 52.1 Å². The SMILES string of the molecule is CCN(C(=O)OCc1ccc(NC(=O)[C@H](CCCNC(N)=O)NC(=O)[C@@H](NC(=O)[C@H](CCCCNC(=O)OCC2c3ccccc3-c3ccccc32)NC(C)=O)C(C)C)cc1)[C@H]1CO[C@@H](O[C@H]2[C@H](O[C@H]3C#CC=CC#C[C@]4(O)CC(=O)C(NC(=O)OC)=C3/C4=C\CSSc3ccccn3)O[C@H](C)[C@@H](NO[C@H]3C[C@H](O)[C@H]([SH]=C(O)c4c(C)c(I)c(O[C@@H]5O[C@@H](C)[C@H](O)[C@@H](OC)[C@H]5O)c(OC)c4OC)[C@@H](C)O3)[C@@H]2O)C[C@@H]1OC. The zero-order valence-electron chi connectivity index (χ0n) is 83.0. The van der Waals surface area contributed by atoms with Crippen molar-refractivity contribution in [1.29, 1.82) is 0 Å². The average molecular weight is 2200 g/mol. The lowest BCUT2D eigenvalue weighted by molar-refractivity contribution is -0.337. The number of unbranched alkanes of at least 4 members (excludes halogenated alkanes) is 1. The summed E-state index contributed by atoms with van der Waals surface area (Å²) >= 11 is 2.19. The second-order valence-corrected chi connectivity index (χ2v) is 40.5. The second-order valence-electron chi connectivity index (χ2n) is 35.8. The summed E-state index contributed by atoms with van der Waals surface area (Å²) in [6.45, 7) is 12.8. The summed E-state index contributed by atoms with van der Waals surface area (Å²) in [7, 11) is 9.24. The molecule has 5 heterocycles. The number of nitrogens with zero attached hydrogens (tertiary/aromatic N) is 2. The lowest BCUT2D eigenvalue weighted by Gasteiger charge is -2.47. The number of thiol groups is 1. The number of Topliss-reactive ketones (excluding diaryl/α,β-unsaturated/α-hetero) is 1. The number of carbonyl (C=O) groups is 9. The van der Waals surface area contributed by atoms with Crippen LogP contribution in [0.25, 0.3) is 11.1 Å². The van der Waals surface area contributed by atoms with E-state index in [1.165, 1.54) is 74.0 Å². The van der Waals surface area contributed by atoms with Crippen LogP contribution >= 0.6 is 55.5 Å². The number of halogens is 1. The molecule has 16 N–H and O–H groups in total. The lowest BCUT2D eigenvalue weighted by Crippen LogP contribution is -2.65. The fourth-order valence-corrected chi connectivity index (χ4v) is 21.7. The number of nitrogens with one attached hydrogen (secondary N) is 8. The van der Waals surface area contributed by atoms with Gasteiger partial charge in [-0.05, 0) is 176 Å². The number of rotatable bonds is 43. The fraction of sp³-hybridized carbons (Fsp3) is 0.515. The number of fused-ring (bicyclic) bond motifs is 5. The predicted molar refractivity (Wildman–Crippen MR) is 546 cm³/mol. The molecule has 7 aliphatic rings. The third-order valence-electron chi connectivity index (χ3n) is 25.7. The van der Waals surface area contributed by atoms with Crippen LogP contribution in [0.4, 0.5) is 24.9 Å². The number of primary amides is 1. The van der Waals surface area contributed by atoms with E-state index in [0.717, 1.165) is 29.4 Å². The van der Waals surface area contributed by atoms with E-state index >= 15 is 0 Å². The van der Waals surface area contributed by atoms with Gasteiger partial charge in [-0.15, -0.1) is 0 Å². The smallest absolute Gasteiger partial charge is 0.411 e. The molecule has 22 atom stereocenters. The van der Waals surface area contributed by atoms with Crippen LogP contribution in [0.5, 0.6) is 17.2 Å². The summed E-state index contributed by atoms with van der Waals surface area (Å²) in [5, 5.41) is 90.3. The Hall–Kier alpha value is -10.6. The first-order valence-electron chi connectivity index (χ1n) is 47.8. The number of alkyl carbamates (subject to hydrolysis) is 2. The Bertz CT molecular complexity index is 5640. The van der Waals surface area contributed by atoms with Crippen LogP contribution < -0.4 is 62.6 Å². The highest BCUT2D eigenvalue weighted by Crippen LogP contribution is 2.50. The Kier molecular flexibility index (Phi) is 42.2. The topological polar surface area (TPSA) is 552 Å². The Balaban J connectivity index is 0.709. The molecule has 12 rings (SSSR count). The number of carbonyl (C=O) groups excluding carboxylic acids is 9. The average Bonchev–Trinajstić information content (AvgIpc) is 1.36. The molecule has 41 nitrogen and oxygen atoms in total. The minimum absolute atomic E-state index is 0.00765. The largest absolute Gasteiger partial charge is 0.492 e. The van der Waals surface area contributed by atoms with Crippen LogP contribution in [0.2, 0.25) is 0 Å². The number of ketones is 1. The fourth-order valence-electron chi connectivity index (χ4n) is 18.1. The zero-order valence-corrected chi connectivity index (χ0v) is 87.6. The highest BCUT2D eigenvalue weighted by atomic mass is 127. The maximum atomic E-state index is 14.6. The first-order chi connectivity index (χ1) is 70.0. The van der Waals surface area contributed by atoms with Gasteiger partial charge in [0.25, 0.3) is 0 Å². The van der Waals surface area contributed by atoms with Crippen LogP contribution in [0.1, 0.15) is 134 Å². The van der Waals surface area contributed by atoms with Crippen LogP contribution in [-0.2, 0) is 87.5 Å². The molecule has 0 unspecified atom stereocenters. The first kappa shape index (κ1) is 114. The number of hydroxylamine groups is 1. The normalized spacial score (nSPS) is 26.3. The number of aromatic nitrogens is 1. The highest BCUT2D eigenvalue weighted by molar-refractivity contribution is 14.1. The summed E-state index contributed by atoms with van der Waals surface area (Å²) in [5.74, 6) is 7.85. The molecule has 0 spiro atoms. The number of amides is 9. The summed E-state index contributed by atoms with van der Waals surface area (Å²) in [4.78, 5) is 134. The number of methoxy groups -OCH3 is 5. The number of benzene rings is 4. The third-order valence-corrected chi connectivity index (χ3v) is 30.6. The summed E-state index contributed by atoms with van der Waals surface area (Å²) < 4.78 is 85.9. The van der Waals surface area contributed by atoms with Gasteiger partial charge in [-0.3, -0.25) is 34.1 Å². The number of likely N-dealkylation sites (N-methyl/N-ethyl adjacent to an activating group) is 1. The number of anilines is 1. The van der Waals surface area contributed by atoms with Gasteiger partial charge in [0.05, 0.1) is 97.0 Å². The number of nitrogens with two attached hydrogens (primary N) is 1. The molecule has 0 saturated carbocycles. The van der Waals surface area contributed by atoms with E-state index in [-0.39, 0.29) is 145 Å². The second kappa shape index (κ2) is 54.0. The van der Waals surface area contributed by atoms with Gasteiger partial charge in [-0.1, -0.05) is 121 Å². The Labute approximate surface area is 871 Å². The Morgan fingerprint density at radius 1 is 0.726 bits per heavy atom. The van der Waals surface area contributed by atoms with Crippen LogP contribution in [-0.4, -0.2) is 307 Å². The van der Waals surface area contributed by atoms with Gasteiger partial charge in [-0.25, -0.2) is 24.2 Å². The monoisotopic (exact) mass is 2200 g/mol. The number of aliphatic hydroxyl groups excluding tert-OH is 5. The number of pyridine rings is 1. The maximum Gasteiger partial charge on any atom is 0.411 e. The number of allylic oxidation sites excluding steroid dienone is 3. The molecular formula is C101H128IN11O30S3. The zero-order chi connectivity index (χ0) is 105. The van der Waals surface area contributed by atoms with E-state index in [9.17, 15) is 73.8 Å². The molecule has 4 aliphatic heterocycles. The molecule has 45 heteroatoms. The van der Waals surface area contributed by atoms with Crippen molar-refractivity contribution in [1.82, 2.24) is 47.3 Å². The molecule has 792 valence electrons. The van der Waals surface area contributed by atoms with E-state index in [1.54, 1.807) is 91.1 Å². The minimum Gasteiger partial charge on any atom is -0.492 e. The van der Waals surface area contributed by atoms with Gasteiger partial charge >= 0.3 is 24.3 Å². The summed E-state index contributed by atoms with van der Waals surface area (Å²) in [6.07, 6.45) is -15.5. The lowest BCUT2D eigenvalue weighted by atomic mass is 9.75. The van der Waals surface area contributed by atoms with Gasteiger partial charge in [0.1, 0.15) is 78.0 Å². The van der Waals surface area contributed by atoms with Crippen molar-refractivity contribution >= 4 is 120 Å². The Morgan fingerprint density at radius 3 is 2.07 bits per heavy atom. The van der Waals surface area contributed by atoms with Gasteiger partial charge in [0, 0.05) is 88.3 Å². The van der Waals surface area contributed by atoms with Crippen molar-refractivity contribution in [3.63, 3.8) is 0 Å². The van der Waals surface area contributed by atoms with Crippen molar-refractivity contribution in [2.75, 3.05) is 79.5 Å². The minimum atomic E-state index is -2.22. The van der Waals surface area contributed by atoms with Gasteiger partial charge in [-0.2, -0.15) is 16.8 Å². The van der Waals surface area contributed by atoms with E-state index in [4.69, 9.17) is 76.9 Å². The quantitative estimate of drug-likeness (QED) is 0.00266. The molecular weight excluding hydrogens is 2070 g/mol. The number of ether oxygens (including phenoxy) is 14. The van der Waals surface area contributed by atoms with E-state index in [2.05, 4.69) is 71.4 Å². The number of hydrogen-bond donors (Lipinski definition) is 16. The van der Waals surface area contributed by atoms with Gasteiger partial charge in [0.2, 0.25) is 35.7 Å². The molecule has 4 aromatic carbocycles. The van der Waals surface area contributed by atoms with Crippen LogP contribution in [0.3, 0.4) is 0 Å². The van der Waals surface area contributed by atoms with Crippen molar-refractivity contribution in [2.24, 2.45) is 11.7 Å². The molecule has 4 saturated heterocycles. The van der Waals surface area contributed by atoms with Crippen molar-refractivity contribution < 1.29 is 145 Å². The maximum absolute atomic E-state index is 14.6. The molecule has 5 aromatic rings. The molecule has 4 fully saturated rings. The molecule has 0 radical (unpaired) electrons. The number of aliphatic hydroxyl groups is 6.